The molecule has 1 aliphatic rings. The van der Waals surface area contributed by atoms with Gasteiger partial charge in [0.25, 0.3) is 10.0 Å². The average molecular weight is 369 g/mol. The maximum atomic E-state index is 13.3. The van der Waals surface area contributed by atoms with Gasteiger partial charge in [-0.2, -0.15) is 8.42 Å². The molecule has 134 valence electrons. The molecule has 1 unspecified atom stereocenters. The van der Waals surface area contributed by atoms with Crippen LogP contribution in [0.3, 0.4) is 0 Å². The van der Waals surface area contributed by atoms with Gasteiger partial charge < -0.3 is 4.74 Å². The predicted molar refractivity (Wildman–Crippen MR) is 100 cm³/mol. The highest BCUT2D eigenvalue weighted by molar-refractivity contribution is 7.92. The molecule has 0 aliphatic carbocycles. The Morgan fingerprint density at radius 2 is 1.73 bits per heavy atom. The van der Waals surface area contributed by atoms with Crippen molar-refractivity contribution >= 4 is 26.5 Å². The Morgan fingerprint density at radius 3 is 2.46 bits per heavy atom. The Hall–Kier alpha value is -2.41. The molecule has 0 saturated carbocycles. The van der Waals surface area contributed by atoms with Gasteiger partial charge in [0, 0.05) is 5.39 Å². The van der Waals surface area contributed by atoms with E-state index < -0.39 is 10.0 Å². The fourth-order valence-electron chi connectivity index (χ4n) is 2.76. The lowest BCUT2D eigenvalue weighted by Gasteiger charge is -2.24. The van der Waals surface area contributed by atoms with Crippen LogP contribution < -0.4 is 4.47 Å². The van der Waals surface area contributed by atoms with Gasteiger partial charge in [0.1, 0.15) is 12.7 Å². The SMILES string of the molecule is Cc1ccc(S(=O)(=O)N(OCC2CO2)c2cccc3ccccc23)cc1. The second kappa shape index (κ2) is 6.72. The van der Waals surface area contributed by atoms with Crippen molar-refractivity contribution in [3.63, 3.8) is 0 Å². The van der Waals surface area contributed by atoms with E-state index in [0.717, 1.165) is 20.8 Å². The van der Waals surface area contributed by atoms with Gasteiger partial charge in [0.05, 0.1) is 17.2 Å². The van der Waals surface area contributed by atoms with Crippen molar-refractivity contribution in [1.82, 2.24) is 0 Å². The van der Waals surface area contributed by atoms with E-state index in [4.69, 9.17) is 9.57 Å². The van der Waals surface area contributed by atoms with Crippen LogP contribution in [0.25, 0.3) is 10.8 Å². The molecular formula is C20H19NO4S. The first-order valence-electron chi connectivity index (χ1n) is 8.40. The molecule has 0 amide bonds. The quantitative estimate of drug-likeness (QED) is 0.491. The van der Waals surface area contributed by atoms with Crippen molar-refractivity contribution in [3.8, 4) is 0 Å². The molecule has 3 aromatic rings. The van der Waals surface area contributed by atoms with Gasteiger partial charge in [0.15, 0.2) is 0 Å². The van der Waals surface area contributed by atoms with Gasteiger partial charge in [-0.3, -0.25) is 4.84 Å². The molecule has 0 radical (unpaired) electrons. The summed E-state index contributed by atoms with van der Waals surface area (Å²) in [6.07, 6.45) is -0.0549. The van der Waals surface area contributed by atoms with Crippen molar-refractivity contribution in [2.45, 2.75) is 17.9 Å². The number of hydrogen-bond acceptors (Lipinski definition) is 4. The summed E-state index contributed by atoms with van der Waals surface area (Å²) in [5.41, 5.74) is 1.48. The molecule has 6 heteroatoms. The monoisotopic (exact) mass is 369 g/mol. The normalized spacial score (nSPS) is 16.6. The highest BCUT2D eigenvalue weighted by Gasteiger charge is 2.31. The molecule has 1 heterocycles. The number of epoxide rings is 1. The van der Waals surface area contributed by atoms with Crippen molar-refractivity contribution in [3.05, 3.63) is 72.3 Å². The summed E-state index contributed by atoms with van der Waals surface area (Å²) >= 11 is 0. The average Bonchev–Trinajstić information content (AvgIpc) is 3.47. The summed E-state index contributed by atoms with van der Waals surface area (Å²) in [5, 5.41) is 1.75. The lowest BCUT2D eigenvalue weighted by Crippen LogP contribution is -2.32. The zero-order valence-corrected chi connectivity index (χ0v) is 15.1. The molecule has 1 atom stereocenters. The zero-order chi connectivity index (χ0) is 18.1. The summed E-state index contributed by atoms with van der Waals surface area (Å²) in [7, 11) is -3.87. The van der Waals surface area contributed by atoms with Crippen LogP contribution >= 0.6 is 0 Å². The number of fused-ring (bicyclic) bond motifs is 1. The predicted octanol–water partition coefficient (Wildman–Crippen LogP) is 3.67. The molecule has 1 saturated heterocycles. The lowest BCUT2D eigenvalue weighted by molar-refractivity contribution is 0.129. The van der Waals surface area contributed by atoms with E-state index in [1.807, 2.05) is 43.3 Å². The van der Waals surface area contributed by atoms with E-state index in [-0.39, 0.29) is 17.6 Å². The van der Waals surface area contributed by atoms with Crippen LogP contribution in [-0.2, 0) is 19.6 Å². The number of benzene rings is 3. The fourth-order valence-corrected chi connectivity index (χ4v) is 4.05. The van der Waals surface area contributed by atoms with E-state index in [1.54, 1.807) is 30.3 Å². The van der Waals surface area contributed by atoms with E-state index in [9.17, 15) is 8.42 Å². The Morgan fingerprint density at radius 1 is 1.04 bits per heavy atom. The summed E-state index contributed by atoms with van der Waals surface area (Å²) in [6, 6.07) is 19.9. The van der Waals surface area contributed by atoms with Crippen molar-refractivity contribution in [2.75, 3.05) is 17.7 Å². The van der Waals surface area contributed by atoms with Crippen molar-refractivity contribution < 1.29 is 18.0 Å². The highest BCUT2D eigenvalue weighted by atomic mass is 32.2. The number of hydrogen-bond donors (Lipinski definition) is 0. The molecule has 3 aromatic carbocycles. The zero-order valence-electron chi connectivity index (χ0n) is 14.3. The van der Waals surface area contributed by atoms with Gasteiger partial charge in [-0.15, -0.1) is 4.47 Å². The summed E-state index contributed by atoms with van der Waals surface area (Å²) in [5.74, 6) is 0. The second-order valence-corrected chi connectivity index (χ2v) is 8.05. The first-order chi connectivity index (χ1) is 12.6. The Kier molecular flexibility index (Phi) is 4.40. The molecule has 0 bridgehead atoms. The molecule has 0 spiro atoms. The second-order valence-electron chi connectivity index (χ2n) is 6.29. The lowest BCUT2D eigenvalue weighted by atomic mass is 10.1. The molecule has 26 heavy (non-hydrogen) atoms. The number of anilines is 1. The van der Waals surface area contributed by atoms with E-state index >= 15 is 0 Å². The topological polar surface area (TPSA) is 59.1 Å². The third-order valence-electron chi connectivity index (χ3n) is 4.28. The minimum atomic E-state index is -3.87. The van der Waals surface area contributed by atoms with Crippen LogP contribution in [0.1, 0.15) is 5.56 Å². The number of sulfonamides is 1. The first-order valence-corrected chi connectivity index (χ1v) is 9.84. The number of rotatable bonds is 6. The Balaban J connectivity index is 1.82. The van der Waals surface area contributed by atoms with Crippen LogP contribution in [0, 0.1) is 6.92 Å². The fraction of sp³-hybridized carbons (Fsp3) is 0.200. The summed E-state index contributed by atoms with van der Waals surface area (Å²) in [6.45, 7) is 2.70. The van der Waals surface area contributed by atoms with Gasteiger partial charge in [-0.25, -0.2) is 0 Å². The van der Waals surface area contributed by atoms with Crippen molar-refractivity contribution in [1.29, 1.82) is 0 Å². The molecule has 0 aromatic heterocycles. The van der Waals surface area contributed by atoms with E-state index in [1.165, 1.54) is 0 Å². The molecule has 1 fully saturated rings. The highest BCUT2D eigenvalue weighted by Crippen LogP contribution is 2.32. The van der Waals surface area contributed by atoms with Gasteiger partial charge in [-0.1, -0.05) is 54.1 Å². The van der Waals surface area contributed by atoms with Gasteiger partial charge in [0.2, 0.25) is 0 Å². The first kappa shape index (κ1) is 17.0. The Labute approximate surface area is 152 Å². The minimum absolute atomic E-state index is 0.0549. The smallest absolute Gasteiger partial charge is 0.286 e. The third kappa shape index (κ3) is 3.31. The standard InChI is InChI=1S/C20H19NO4S/c1-15-9-11-18(12-10-15)26(22,23)21(25-14-17-13-24-17)20-8-4-6-16-5-2-3-7-19(16)20/h2-12,17H,13-14H2,1H3. The summed E-state index contributed by atoms with van der Waals surface area (Å²) < 4.78 is 32.8. The molecule has 5 nitrogen and oxygen atoms in total. The molecule has 0 N–H and O–H groups in total. The van der Waals surface area contributed by atoms with Crippen molar-refractivity contribution in [2.24, 2.45) is 0 Å². The largest absolute Gasteiger partial charge is 0.371 e. The van der Waals surface area contributed by atoms with Crippen LogP contribution in [0.2, 0.25) is 0 Å². The number of aryl methyl sites for hydroxylation is 1. The molecular weight excluding hydrogens is 350 g/mol. The molecule has 1 aliphatic heterocycles. The third-order valence-corrected chi connectivity index (χ3v) is 5.89. The van der Waals surface area contributed by atoms with Crippen LogP contribution in [-0.4, -0.2) is 27.7 Å². The van der Waals surface area contributed by atoms with Crippen LogP contribution in [0.15, 0.2) is 71.6 Å². The summed E-state index contributed by atoms with van der Waals surface area (Å²) in [4.78, 5) is 5.92. The number of nitrogens with zero attached hydrogens (tertiary/aromatic N) is 1. The maximum Gasteiger partial charge on any atom is 0.286 e. The van der Waals surface area contributed by atoms with Crippen LogP contribution in [0.4, 0.5) is 5.69 Å². The van der Waals surface area contributed by atoms with E-state index in [0.29, 0.717) is 12.3 Å². The maximum absolute atomic E-state index is 13.3. The minimum Gasteiger partial charge on any atom is -0.371 e. The molecule has 4 rings (SSSR count). The van der Waals surface area contributed by atoms with Gasteiger partial charge >= 0.3 is 0 Å². The van der Waals surface area contributed by atoms with Gasteiger partial charge in [-0.05, 0) is 30.5 Å². The van der Waals surface area contributed by atoms with Crippen LogP contribution in [0.5, 0.6) is 0 Å². The van der Waals surface area contributed by atoms with E-state index in [2.05, 4.69) is 0 Å². The number of ether oxygens (including phenoxy) is 1. The Bertz CT molecular complexity index is 1020.